The zero-order valence-corrected chi connectivity index (χ0v) is 10.7. The third-order valence-electron chi connectivity index (χ3n) is 2.70. The largest absolute Gasteiger partial charge is 0.493 e. The molecule has 2 aromatic carbocycles. The van der Waals surface area contributed by atoms with E-state index < -0.39 is 0 Å². The van der Waals surface area contributed by atoms with E-state index in [4.69, 9.17) is 21.4 Å². The molecule has 0 aliphatic rings. The number of ether oxygens (including phenoxy) is 1. The molecule has 0 aliphatic carbocycles. The van der Waals surface area contributed by atoms with Crippen LogP contribution in [0.4, 0.5) is 0 Å². The molecular formula is C15H15ClO2. The van der Waals surface area contributed by atoms with Crippen LogP contribution in [-0.2, 0) is 13.0 Å². The third kappa shape index (κ3) is 3.49. The minimum atomic E-state index is 0.0555. The van der Waals surface area contributed by atoms with Gasteiger partial charge in [0.25, 0.3) is 0 Å². The fraction of sp³-hybridized carbons (Fsp3) is 0.200. The number of aliphatic hydroxyl groups is 1. The summed E-state index contributed by atoms with van der Waals surface area (Å²) in [4.78, 5) is 0. The summed E-state index contributed by atoms with van der Waals surface area (Å²) in [5, 5.41) is 9.70. The molecule has 0 unspecified atom stereocenters. The molecule has 2 nitrogen and oxygen atoms in total. The Kier molecular flexibility index (Phi) is 4.62. The molecule has 0 amide bonds. The van der Waals surface area contributed by atoms with E-state index in [9.17, 15) is 0 Å². The van der Waals surface area contributed by atoms with Crippen LogP contribution in [0.15, 0.2) is 48.5 Å². The highest BCUT2D eigenvalue weighted by Crippen LogP contribution is 2.17. The molecule has 0 saturated carbocycles. The summed E-state index contributed by atoms with van der Waals surface area (Å²) in [5.41, 5.74) is 1.97. The van der Waals surface area contributed by atoms with E-state index in [1.54, 1.807) is 0 Å². The van der Waals surface area contributed by atoms with Gasteiger partial charge in [-0.1, -0.05) is 41.9 Å². The molecule has 0 aliphatic heterocycles. The molecule has 0 radical (unpaired) electrons. The SMILES string of the molecule is OCc1ccc(OCCc2ccccc2Cl)cc1. The van der Waals surface area contributed by atoms with Crippen molar-refractivity contribution in [3.63, 3.8) is 0 Å². The van der Waals surface area contributed by atoms with Crippen LogP contribution in [0.3, 0.4) is 0 Å². The normalized spacial score (nSPS) is 10.3. The molecule has 18 heavy (non-hydrogen) atoms. The molecule has 94 valence electrons. The maximum atomic E-state index is 8.93. The Balaban J connectivity index is 1.86. The first-order valence-corrected chi connectivity index (χ1v) is 6.23. The summed E-state index contributed by atoms with van der Waals surface area (Å²) >= 11 is 6.06. The van der Waals surface area contributed by atoms with Crippen molar-refractivity contribution >= 4 is 11.6 Å². The van der Waals surface area contributed by atoms with Gasteiger partial charge in [0.2, 0.25) is 0 Å². The number of halogens is 1. The van der Waals surface area contributed by atoms with E-state index in [-0.39, 0.29) is 6.61 Å². The van der Waals surface area contributed by atoms with Crippen molar-refractivity contribution in [3.8, 4) is 5.75 Å². The monoisotopic (exact) mass is 262 g/mol. The van der Waals surface area contributed by atoms with Gasteiger partial charge in [0.15, 0.2) is 0 Å². The molecule has 0 heterocycles. The first kappa shape index (κ1) is 12.9. The highest BCUT2D eigenvalue weighted by atomic mass is 35.5. The predicted octanol–water partition coefficient (Wildman–Crippen LogP) is 3.45. The van der Waals surface area contributed by atoms with Crippen molar-refractivity contribution in [3.05, 3.63) is 64.7 Å². The molecule has 3 heteroatoms. The quantitative estimate of drug-likeness (QED) is 0.894. The molecule has 1 N–H and O–H groups in total. The first-order valence-electron chi connectivity index (χ1n) is 5.85. The van der Waals surface area contributed by atoms with Gasteiger partial charge in [-0.2, -0.15) is 0 Å². The van der Waals surface area contributed by atoms with Crippen molar-refractivity contribution in [2.75, 3.05) is 6.61 Å². The zero-order chi connectivity index (χ0) is 12.8. The summed E-state index contributed by atoms with van der Waals surface area (Å²) in [6.07, 6.45) is 0.779. The van der Waals surface area contributed by atoms with Crippen molar-refractivity contribution in [2.45, 2.75) is 13.0 Å². The minimum Gasteiger partial charge on any atom is -0.493 e. The summed E-state index contributed by atoms with van der Waals surface area (Å²) in [7, 11) is 0. The van der Waals surface area contributed by atoms with Crippen molar-refractivity contribution in [2.24, 2.45) is 0 Å². The van der Waals surface area contributed by atoms with Crippen LogP contribution in [0.5, 0.6) is 5.75 Å². The Labute approximate surface area is 112 Å². The molecule has 0 spiro atoms. The lowest BCUT2D eigenvalue weighted by atomic mass is 10.2. The molecule has 0 aromatic heterocycles. The van der Waals surface area contributed by atoms with Crippen LogP contribution in [-0.4, -0.2) is 11.7 Å². The molecule has 0 fully saturated rings. The number of benzene rings is 2. The fourth-order valence-corrected chi connectivity index (χ4v) is 1.90. The van der Waals surface area contributed by atoms with Crippen LogP contribution in [0.1, 0.15) is 11.1 Å². The Morgan fingerprint density at radius 1 is 1.00 bits per heavy atom. The lowest BCUT2D eigenvalue weighted by Crippen LogP contribution is -2.01. The van der Waals surface area contributed by atoms with Gasteiger partial charge >= 0.3 is 0 Å². The Morgan fingerprint density at radius 3 is 2.39 bits per heavy atom. The summed E-state index contributed by atoms with van der Waals surface area (Å²) in [6.45, 7) is 0.641. The molecule has 0 bridgehead atoms. The second-order valence-corrected chi connectivity index (χ2v) is 4.40. The molecular weight excluding hydrogens is 248 g/mol. The van der Waals surface area contributed by atoms with E-state index >= 15 is 0 Å². The van der Waals surface area contributed by atoms with Crippen molar-refractivity contribution in [1.29, 1.82) is 0 Å². The van der Waals surface area contributed by atoms with E-state index in [2.05, 4.69) is 0 Å². The van der Waals surface area contributed by atoms with Crippen LogP contribution >= 0.6 is 11.6 Å². The second-order valence-electron chi connectivity index (χ2n) is 3.99. The van der Waals surface area contributed by atoms with Gasteiger partial charge in [-0.25, -0.2) is 0 Å². The first-order chi connectivity index (χ1) is 8.79. The minimum absolute atomic E-state index is 0.0555. The zero-order valence-electron chi connectivity index (χ0n) is 9.97. The average molecular weight is 263 g/mol. The van der Waals surface area contributed by atoms with Gasteiger partial charge in [0.05, 0.1) is 13.2 Å². The molecule has 2 rings (SSSR count). The Morgan fingerprint density at radius 2 is 1.72 bits per heavy atom. The van der Waals surface area contributed by atoms with Crippen LogP contribution in [0, 0.1) is 0 Å². The van der Waals surface area contributed by atoms with Crippen LogP contribution < -0.4 is 4.74 Å². The fourth-order valence-electron chi connectivity index (χ4n) is 1.67. The maximum absolute atomic E-state index is 8.93. The number of rotatable bonds is 5. The van der Waals surface area contributed by atoms with Gasteiger partial charge in [-0.15, -0.1) is 0 Å². The summed E-state index contributed by atoms with van der Waals surface area (Å²) in [6, 6.07) is 15.2. The van der Waals surface area contributed by atoms with Gasteiger partial charge in [0, 0.05) is 11.4 Å². The van der Waals surface area contributed by atoms with Crippen molar-refractivity contribution in [1.82, 2.24) is 0 Å². The highest BCUT2D eigenvalue weighted by molar-refractivity contribution is 6.31. The van der Waals surface area contributed by atoms with E-state index in [0.717, 1.165) is 28.3 Å². The maximum Gasteiger partial charge on any atom is 0.119 e. The van der Waals surface area contributed by atoms with Gasteiger partial charge in [0.1, 0.15) is 5.75 Å². The predicted molar refractivity (Wildman–Crippen MR) is 73.0 cm³/mol. The standard InChI is InChI=1S/C15H15ClO2/c16-15-4-2-1-3-13(15)9-10-18-14-7-5-12(11-17)6-8-14/h1-8,17H,9-11H2. The lowest BCUT2D eigenvalue weighted by Gasteiger charge is -2.07. The number of hydrogen-bond donors (Lipinski definition) is 1. The smallest absolute Gasteiger partial charge is 0.119 e. The molecule has 0 atom stereocenters. The molecule has 2 aromatic rings. The molecule has 0 saturated heterocycles. The summed E-state index contributed by atoms with van der Waals surface area (Å²) in [5.74, 6) is 0.805. The van der Waals surface area contributed by atoms with Crippen molar-refractivity contribution < 1.29 is 9.84 Å². The van der Waals surface area contributed by atoms with Gasteiger partial charge in [-0.3, -0.25) is 0 Å². The topological polar surface area (TPSA) is 29.5 Å². The van der Waals surface area contributed by atoms with Crippen LogP contribution in [0.25, 0.3) is 0 Å². The van der Waals surface area contributed by atoms with Gasteiger partial charge < -0.3 is 9.84 Å². The van der Waals surface area contributed by atoms with E-state index in [1.807, 2.05) is 48.5 Å². The second kappa shape index (κ2) is 6.43. The Bertz CT molecular complexity index is 494. The van der Waals surface area contributed by atoms with E-state index in [1.165, 1.54) is 0 Å². The Hall–Kier alpha value is -1.51. The average Bonchev–Trinajstić information content (AvgIpc) is 2.42. The van der Waals surface area contributed by atoms with E-state index in [0.29, 0.717) is 6.61 Å². The summed E-state index contributed by atoms with van der Waals surface area (Å²) < 4.78 is 5.62. The third-order valence-corrected chi connectivity index (χ3v) is 3.07. The van der Waals surface area contributed by atoms with Crippen LogP contribution in [0.2, 0.25) is 5.02 Å². The van der Waals surface area contributed by atoms with Gasteiger partial charge in [-0.05, 0) is 29.3 Å². The highest BCUT2D eigenvalue weighted by Gasteiger charge is 2.00. The lowest BCUT2D eigenvalue weighted by molar-refractivity contribution is 0.281. The number of hydrogen-bond acceptors (Lipinski definition) is 2. The number of aliphatic hydroxyl groups excluding tert-OH is 1.